The van der Waals surface area contributed by atoms with Gasteiger partial charge in [-0.15, -0.1) is 6.58 Å². The van der Waals surface area contributed by atoms with E-state index in [1.807, 2.05) is 18.2 Å². The van der Waals surface area contributed by atoms with Gasteiger partial charge in [-0.05, 0) is 61.2 Å². The highest BCUT2D eigenvalue weighted by molar-refractivity contribution is 7.97. The van der Waals surface area contributed by atoms with Gasteiger partial charge < -0.3 is 5.32 Å². The maximum Gasteiger partial charge on any atom is 0.416 e. The molecule has 0 radical (unpaired) electrons. The molecule has 1 aromatic heterocycles. The molecule has 1 fully saturated rings. The van der Waals surface area contributed by atoms with Crippen LogP contribution in [0.5, 0.6) is 0 Å². The summed E-state index contributed by atoms with van der Waals surface area (Å²) in [7, 11) is 0. The van der Waals surface area contributed by atoms with Crippen LogP contribution in [0.3, 0.4) is 0 Å². The number of anilines is 1. The Balaban J connectivity index is 1.47. The van der Waals surface area contributed by atoms with Crippen LogP contribution in [0.4, 0.5) is 18.9 Å². The summed E-state index contributed by atoms with van der Waals surface area (Å²) in [5.74, 6) is 0. The molecule has 1 atom stereocenters. The predicted octanol–water partition coefficient (Wildman–Crippen LogP) is 6.31. The number of piperidine rings is 1. The normalized spacial score (nSPS) is 22.0. The van der Waals surface area contributed by atoms with E-state index >= 15 is 0 Å². The summed E-state index contributed by atoms with van der Waals surface area (Å²) in [6.07, 6.45) is 7.12. The van der Waals surface area contributed by atoms with Crippen molar-refractivity contribution >= 4 is 17.6 Å². The summed E-state index contributed by atoms with van der Waals surface area (Å²) in [6.45, 7) is 5.55. The lowest BCUT2D eigenvalue weighted by atomic mass is 9.71. The smallest absolute Gasteiger partial charge is 0.355 e. The second-order valence-corrected chi connectivity index (χ2v) is 8.66. The molecule has 0 spiro atoms. The number of fused-ring (bicyclic) bond motifs is 1. The van der Waals surface area contributed by atoms with E-state index in [1.165, 1.54) is 29.7 Å². The lowest BCUT2D eigenvalue weighted by Gasteiger charge is -2.44. The van der Waals surface area contributed by atoms with Gasteiger partial charge in [-0.1, -0.05) is 23.8 Å². The van der Waals surface area contributed by atoms with Crippen molar-refractivity contribution in [1.82, 2.24) is 9.29 Å². The minimum Gasteiger partial charge on any atom is -0.355 e. The quantitative estimate of drug-likeness (QED) is 0.445. The van der Waals surface area contributed by atoms with Gasteiger partial charge in [-0.2, -0.15) is 13.2 Å². The number of alkyl halides is 3. The zero-order chi connectivity index (χ0) is 21.2. The Bertz CT molecular complexity index is 985. The molecule has 7 heteroatoms. The zero-order valence-corrected chi connectivity index (χ0v) is 17.1. The highest BCUT2D eigenvalue weighted by Crippen LogP contribution is 2.46. The topological polar surface area (TPSA) is 28.2 Å². The predicted molar refractivity (Wildman–Crippen MR) is 115 cm³/mol. The van der Waals surface area contributed by atoms with Crippen LogP contribution in [0.2, 0.25) is 0 Å². The molecule has 30 heavy (non-hydrogen) atoms. The number of pyridine rings is 1. The third-order valence-corrected chi connectivity index (χ3v) is 6.52. The lowest BCUT2D eigenvalue weighted by Crippen LogP contribution is -2.41. The van der Waals surface area contributed by atoms with E-state index in [4.69, 9.17) is 0 Å². The summed E-state index contributed by atoms with van der Waals surface area (Å²) in [5.41, 5.74) is 2.45. The molecule has 2 aromatic rings. The van der Waals surface area contributed by atoms with Gasteiger partial charge in [-0.3, -0.25) is 4.98 Å². The monoisotopic (exact) mass is 429 g/mol. The number of allylic oxidation sites excluding steroid dienone is 2. The van der Waals surface area contributed by atoms with Crippen LogP contribution in [-0.2, 0) is 6.18 Å². The van der Waals surface area contributed by atoms with E-state index in [1.54, 1.807) is 18.5 Å². The number of rotatable bonds is 5. The Labute approximate surface area is 178 Å². The summed E-state index contributed by atoms with van der Waals surface area (Å²) < 4.78 is 41.2. The number of hydrogen-bond acceptors (Lipinski definition) is 4. The number of benzene rings is 1. The van der Waals surface area contributed by atoms with Crippen molar-refractivity contribution in [3.63, 3.8) is 0 Å². The van der Waals surface area contributed by atoms with Crippen LogP contribution < -0.4 is 5.32 Å². The third-order valence-electron chi connectivity index (χ3n) is 5.48. The third kappa shape index (κ3) is 4.47. The molecule has 3 nitrogen and oxygen atoms in total. The van der Waals surface area contributed by atoms with Crippen molar-refractivity contribution in [2.45, 2.75) is 23.9 Å². The molecule has 0 amide bonds. The first kappa shape index (κ1) is 20.8. The van der Waals surface area contributed by atoms with Crippen LogP contribution in [-0.4, -0.2) is 22.4 Å². The van der Waals surface area contributed by atoms with Crippen molar-refractivity contribution in [3.05, 3.63) is 90.4 Å². The number of halogens is 3. The standard InChI is InChI=1S/C23H22F3N3S/c1-2-22-10-8-19(28-20-6-4-11-27-15-20)13-17(22)9-12-29(16-22)30-21-7-3-5-18(14-21)23(24,25)26/h2-8,11,13-15,28H,1,9-10,12,16H2. The van der Waals surface area contributed by atoms with Crippen LogP contribution >= 0.6 is 11.9 Å². The average molecular weight is 430 g/mol. The Hall–Kier alpha value is -2.51. The minimum absolute atomic E-state index is 0.201. The molecule has 2 heterocycles. The lowest BCUT2D eigenvalue weighted by molar-refractivity contribution is -0.137. The first-order chi connectivity index (χ1) is 14.4. The number of nitrogens with one attached hydrogen (secondary N) is 1. The van der Waals surface area contributed by atoms with Crippen LogP contribution in [0, 0.1) is 5.41 Å². The van der Waals surface area contributed by atoms with Gasteiger partial charge in [0.05, 0.1) is 17.4 Å². The largest absolute Gasteiger partial charge is 0.416 e. The highest BCUT2D eigenvalue weighted by atomic mass is 32.2. The molecule has 1 aliphatic carbocycles. The van der Waals surface area contributed by atoms with Gasteiger partial charge in [0.25, 0.3) is 0 Å². The fourth-order valence-corrected chi connectivity index (χ4v) is 4.96. The number of aromatic nitrogens is 1. The Morgan fingerprint density at radius 3 is 2.83 bits per heavy atom. The van der Waals surface area contributed by atoms with E-state index in [9.17, 15) is 13.2 Å². The van der Waals surface area contributed by atoms with E-state index in [0.717, 1.165) is 36.8 Å². The van der Waals surface area contributed by atoms with Gasteiger partial charge in [-0.25, -0.2) is 4.31 Å². The fourth-order valence-electron chi connectivity index (χ4n) is 3.87. The molecule has 156 valence electrons. The van der Waals surface area contributed by atoms with Gasteiger partial charge in [0.2, 0.25) is 0 Å². The molecule has 0 bridgehead atoms. The molecule has 2 aliphatic rings. The molecule has 1 aliphatic heterocycles. The second kappa shape index (κ2) is 8.32. The van der Waals surface area contributed by atoms with Gasteiger partial charge in [0.1, 0.15) is 0 Å². The number of hydrogen-bond donors (Lipinski definition) is 1. The molecule has 1 saturated heterocycles. The Kier molecular flexibility index (Phi) is 5.75. The fraction of sp³-hybridized carbons (Fsp3) is 0.261. The first-order valence-corrected chi connectivity index (χ1v) is 10.5. The van der Waals surface area contributed by atoms with Crippen molar-refractivity contribution in [3.8, 4) is 0 Å². The second-order valence-electron chi connectivity index (χ2n) is 7.49. The van der Waals surface area contributed by atoms with Gasteiger partial charge in [0.15, 0.2) is 0 Å². The first-order valence-electron chi connectivity index (χ1n) is 9.70. The van der Waals surface area contributed by atoms with Gasteiger partial charge >= 0.3 is 6.18 Å². The molecule has 1 unspecified atom stereocenters. The molecule has 0 saturated carbocycles. The molecule has 4 rings (SSSR count). The zero-order valence-electron chi connectivity index (χ0n) is 16.3. The summed E-state index contributed by atoms with van der Waals surface area (Å²) in [5, 5.41) is 3.39. The van der Waals surface area contributed by atoms with E-state index < -0.39 is 11.7 Å². The van der Waals surface area contributed by atoms with E-state index in [2.05, 4.69) is 33.3 Å². The van der Waals surface area contributed by atoms with Crippen LogP contribution in [0.15, 0.2) is 89.8 Å². The van der Waals surface area contributed by atoms with Crippen molar-refractivity contribution in [2.75, 3.05) is 18.4 Å². The van der Waals surface area contributed by atoms with E-state index in [-0.39, 0.29) is 5.41 Å². The average Bonchev–Trinajstić information content (AvgIpc) is 2.74. The molecule has 1 N–H and O–H groups in total. The van der Waals surface area contributed by atoms with Crippen LogP contribution in [0.1, 0.15) is 18.4 Å². The Morgan fingerprint density at radius 2 is 2.10 bits per heavy atom. The van der Waals surface area contributed by atoms with Crippen LogP contribution in [0.25, 0.3) is 0 Å². The summed E-state index contributed by atoms with van der Waals surface area (Å²) in [4.78, 5) is 4.72. The van der Waals surface area contributed by atoms with Crippen molar-refractivity contribution in [2.24, 2.45) is 5.41 Å². The van der Waals surface area contributed by atoms with Crippen molar-refractivity contribution in [1.29, 1.82) is 0 Å². The van der Waals surface area contributed by atoms with Gasteiger partial charge in [0, 0.05) is 35.3 Å². The maximum atomic E-state index is 13.0. The number of nitrogens with zero attached hydrogens (tertiary/aromatic N) is 2. The summed E-state index contributed by atoms with van der Waals surface area (Å²) >= 11 is 1.38. The maximum absolute atomic E-state index is 13.0. The van der Waals surface area contributed by atoms with Crippen molar-refractivity contribution < 1.29 is 13.2 Å². The Morgan fingerprint density at radius 1 is 1.23 bits per heavy atom. The molecular weight excluding hydrogens is 407 g/mol. The summed E-state index contributed by atoms with van der Waals surface area (Å²) in [6, 6.07) is 9.36. The molecule has 1 aromatic carbocycles. The SMILES string of the molecule is C=CC12CC=C(Nc3cccnc3)C=C1CCN(Sc1cccc(C(F)(F)F)c1)C2. The minimum atomic E-state index is -4.33. The molecular formula is C23H22F3N3S. The highest BCUT2D eigenvalue weighted by Gasteiger charge is 2.38. The van der Waals surface area contributed by atoms with E-state index in [0.29, 0.717) is 11.4 Å².